The summed E-state index contributed by atoms with van der Waals surface area (Å²) in [7, 11) is 0. The predicted octanol–water partition coefficient (Wildman–Crippen LogP) is 5.96. The van der Waals surface area contributed by atoms with E-state index in [4.69, 9.17) is 0 Å². The van der Waals surface area contributed by atoms with Gasteiger partial charge < -0.3 is 5.32 Å². The smallest absolute Gasteiger partial charge is 0.0180 e. The Labute approximate surface area is 135 Å². The molecule has 2 heteroatoms. The molecule has 0 fully saturated rings. The van der Waals surface area contributed by atoms with Crippen LogP contribution in [0.25, 0.3) is 0 Å². The third-order valence-corrected chi connectivity index (χ3v) is 4.86. The first kappa shape index (κ1) is 19.7. The molecule has 1 unspecified atom stereocenters. The lowest BCUT2D eigenvalue weighted by atomic mass is 10.1. The average molecular weight is 381 g/mol. The molecule has 0 heterocycles. The van der Waals surface area contributed by atoms with Crippen molar-refractivity contribution in [1.82, 2.24) is 5.32 Å². The maximum Gasteiger partial charge on any atom is 0.0180 e. The Bertz CT molecular complexity index is 171. The van der Waals surface area contributed by atoms with Gasteiger partial charge in [0.05, 0.1) is 0 Å². The average Bonchev–Trinajstić information content (AvgIpc) is 2.40. The van der Waals surface area contributed by atoms with E-state index in [1.165, 1.54) is 75.2 Å². The van der Waals surface area contributed by atoms with Crippen molar-refractivity contribution in [3.05, 3.63) is 0 Å². The molecule has 0 rings (SSSR count). The topological polar surface area (TPSA) is 12.0 Å². The lowest BCUT2D eigenvalue weighted by Crippen LogP contribution is -2.35. The number of alkyl halides is 1. The first-order valence-corrected chi connectivity index (χ1v) is 10.0. The Morgan fingerprint density at radius 2 is 1.26 bits per heavy atom. The molecule has 0 spiro atoms. The molecule has 19 heavy (non-hydrogen) atoms. The molecule has 0 amide bonds. The van der Waals surface area contributed by atoms with Gasteiger partial charge in [0, 0.05) is 10.5 Å². The SMILES string of the molecule is CCCCCCCCCCCCNC(CI)C(C)C. The van der Waals surface area contributed by atoms with Gasteiger partial charge in [-0.25, -0.2) is 0 Å². The van der Waals surface area contributed by atoms with Gasteiger partial charge in [0.25, 0.3) is 0 Å². The maximum atomic E-state index is 3.69. The minimum absolute atomic E-state index is 0.708. The van der Waals surface area contributed by atoms with Crippen molar-refractivity contribution in [2.75, 3.05) is 11.0 Å². The molecule has 0 bridgehead atoms. The Hall–Kier alpha value is 0.690. The van der Waals surface area contributed by atoms with Gasteiger partial charge >= 0.3 is 0 Å². The van der Waals surface area contributed by atoms with Gasteiger partial charge in [-0.05, 0) is 18.9 Å². The molecule has 0 aromatic heterocycles. The van der Waals surface area contributed by atoms with Crippen molar-refractivity contribution in [3.8, 4) is 0 Å². The Morgan fingerprint density at radius 3 is 1.68 bits per heavy atom. The van der Waals surface area contributed by atoms with Gasteiger partial charge in [-0.3, -0.25) is 0 Å². The highest BCUT2D eigenvalue weighted by molar-refractivity contribution is 14.1. The molecular formula is C17H36IN. The van der Waals surface area contributed by atoms with Crippen molar-refractivity contribution >= 4 is 22.6 Å². The van der Waals surface area contributed by atoms with Crippen molar-refractivity contribution in [1.29, 1.82) is 0 Å². The third-order valence-electron chi connectivity index (χ3n) is 3.91. The van der Waals surface area contributed by atoms with Crippen LogP contribution in [0.4, 0.5) is 0 Å². The zero-order valence-electron chi connectivity index (χ0n) is 13.5. The van der Waals surface area contributed by atoms with Crippen molar-refractivity contribution in [3.63, 3.8) is 0 Å². The summed E-state index contributed by atoms with van der Waals surface area (Å²) in [5.74, 6) is 0.764. The number of halogens is 1. The number of hydrogen-bond donors (Lipinski definition) is 1. The molecule has 0 saturated heterocycles. The normalized spacial score (nSPS) is 13.1. The van der Waals surface area contributed by atoms with Crippen LogP contribution in [-0.4, -0.2) is 17.0 Å². The van der Waals surface area contributed by atoms with E-state index in [2.05, 4.69) is 48.7 Å². The highest BCUT2D eigenvalue weighted by atomic mass is 127. The fraction of sp³-hybridized carbons (Fsp3) is 1.00. The minimum atomic E-state index is 0.708. The summed E-state index contributed by atoms with van der Waals surface area (Å²) in [6, 6.07) is 0.708. The second kappa shape index (κ2) is 15.1. The quantitative estimate of drug-likeness (QED) is 0.223. The minimum Gasteiger partial charge on any atom is -0.313 e. The summed E-state index contributed by atoms with van der Waals surface area (Å²) in [5, 5.41) is 3.69. The first-order chi connectivity index (χ1) is 9.22. The van der Waals surface area contributed by atoms with E-state index in [1.54, 1.807) is 0 Å². The van der Waals surface area contributed by atoms with Crippen molar-refractivity contribution in [2.24, 2.45) is 5.92 Å². The lowest BCUT2D eigenvalue weighted by molar-refractivity contribution is 0.428. The number of nitrogens with one attached hydrogen (secondary N) is 1. The van der Waals surface area contributed by atoms with Crippen LogP contribution in [0.3, 0.4) is 0 Å². The van der Waals surface area contributed by atoms with E-state index in [9.17, 15) is 0 Å². The van der Waals surface area contributed by atoms with E-state index >= 15 is 0 Å². The van der Waals surface area contributed by atoms with Crippen LogP contribution < -0.4 is 5.32 Å². The summed E-state index contributed by atoms with van der Waals surface area (Å²) in [5.41, 5.74) is 0. The Balaban J connectivity index is 3.14. The predicted molar refractivity (Wildman–Crippen MR) is 97.4 cm³/mol. The number of unbranched alkanes of at least 4 members (excludes halogenated alkanes) is 9. The summed E-state index contributed by atoms with van der Waals surface area (Å²) in [6.07, 6.45) is 14.3. The standard InChI is InChI=1S/C17H36IN/c1-4-5-6-7-8-9-10-11-12-13-14-19-17(15-18)16(2)3/h16-17,19H,4-15H2,1-3H3. The van der Waals surface area contributed by atoms with Gasteiger partial charge in [-0.15, -0.1) is 0 Å². The van der Waals surface area contributed by atoms with E-state index < -0.39 is 0 Å². The number of rotatable bonds is 14. The van der Waals surface area contributed by atoms with Crippen LogP contribution in [0, 0.1) is 5.92 Å². The monoisotopic (exact) mass is 381 g/mol. The first-order valence-electron chi connectivity index (χ1n) is 8.51. The Kier molecular flexibility index (Phi) is 15.6. The summed E-state index contributed by atoms with van der Waals surface area (Å²) < 4.78 is 1.23. The highest BCUT2D eigenvalue weighted by Crippen LogP contribution is 2.10. The maximum absolute atomic E-state index is 3.69. The molecule has 0 saturated carbocycles. The fourth-order valence-corrected chi connectivity index (χ4v) is 3.70. The van der Waals surface area contributed by atoms with Crippen LogP contribution in [0.5, 0.6) is 0 Å². The van der Waals surface area contributed by atoms with Gasteiger partial charge in [0.15, 0.2) is 0 Å². The summed E-state index contributed by atoms with van der Waals surface area (Å²) in [4.78, 5) is 0. The zero-order chi connectivity index (χ0) is 14.3. The lowest BCUT2D eigenvalue weighted by Gasteiger charge is -2.19. The number of hydrogen-bond acceptors (Lipinski definition) is 1. The van der Waals surface area contributed by atoms with Crippen LogP contribution in [0.15, 0.2) is 0 Å². The van der Waals surface area contributed by atoms with Crippen LogP contribution in [0.1, 0.15) is 85.0 Å². The van der Waals surface area contributed by atoms with Crippen LogP contribution >= 0.6 is 22.6 Å². The molecule has 0 aromatic carbocycles. The zero-order valence-corrected chi connectivity index (χ0v) is 15.7. The van der Waals surface area contributed by atoms with E-state index in [0.717, 1.165) is 5.92 Å². The van der Waals surface area contributed by atoms with E-state index in [1.807, 2.05) is 0 Å². The second-order valence-electron chi connectivity index (χ2n) is 6.14. The van der Waals surface area contributed by atoms with Crippen LogP contribution in [-0.2, 0) is 0 Å². The Morgan fingerprint density at radius 1 is 0.789 bits per heavy atom. The van der Waals surface area contributed by atoms with Gasteiger partial charge in [-0.1, -0.05) is 101 Å². The molecule has 0 aromatic rings. The molecule has 116 valence electrons. The second-order valence-corrected chi connectivity index (χ2v) is 7.02. The fourth-order valence-electron chi connectivity index (χ4n) is 2.37. The van der Waals surface area contributed by atoms with Crippen LogP contribution in [0.2, 0.25) is 0 Å². The van der Waals surface area contributed by atoms with Gasteiger partial charge in [0.1, 0.15) is 0 Å². The highest BCUT2D eigenvalue weighted by Gasteiger charge is 2.09. The molecule has 0 radical (unpaired) electrons. The molecule has 1 atom stereocenters. The third kappa shape index (κ3) is 13.4. The molecule has 0 aliphatic carbocycles. The molecule has 0 aliphatic heterocycles. The van der Waals surface area contributed by atoms with E-state index in [0.29, 0.717) is 6.04 Å². The molecule has 0 aliphatic rings. The summed E-state index contributed by atoms with van der Waals surface area (Å²) >= 11 is 2.50. The van der Waals surface area contributed by atoms with Gasteiger partial charge in [-0.2, -0.15) is 0 Å². The van der Waals surface area contributed by atoms with Crippen molar-refractivity contribution in [2.45, 2.75) is 91.0 Å². The van der Waals surface area contributed by atoms with E-state index in [-0.39, 0.29) is 0 Å². The summed E-state index contributed by atoms with van der Waals surface area (Å²) in [6.45, 7) is 8.13. The largest absolute Gasteiger partial charge is 0.313 e. The molecule has 1 N–H and O–H groups in total. The molecular weight excluding hydrogens is 345 g/mol. The van der Waals surface area contributed by atoms with Gasteiger partial charge in [0.2, 0.25) is 0 Å². The van der Waals surface area contributed by atoms with Crippen molar-refractivity contribution < 1.29 is 0 Å². The molecule has 1 nitrogen and oxygen atoms in total.